The van der Waals surface area contributed by atoms with Gasteiger partial charge in [0.25, 0.3) is 0 Å². The smallest absolute Gasteiger partial charge is 0.387 e. The molecule has 0 aromatic heterocycles. The highest BCUT2D eigenvalue weighted by atomic mass is 31.2. The van der Waals surface area contributed by atoms with Crippen molar-refractivity contribution in [2.45, 2.75) is 167 Å². The molecule has 0 aliphatic heterocycles. The number of carbonyl (C=O) groups excluding carboxylic acids is 1. The Morgan fingerprint density at radius 3 is 1.71 bits per heavy atom. The van der Waals surface area contributed by atoms with E-state index in [1.807, 2.05) is 27.2 Å². The van der Waals surface area contributed by atoms with Crippen LogP contribution in [0.2, 0.25) is 0 Å². The molecule has 0 aromatic rings. The van der Waals surface area contributed by atoms with Crippen molar-refractivity contribution in [3.05, 3.63) is 60.8 Å². The van der Waals surface area contributed by atoms with Crippen LogP contribution in [0.1, 0.15) is 155 Å². The predicted octanol–water partition coefficient (Wildman–Crippen LogP) is 11.1. The highest BCUT2D eigenvalue weighted by Gasteiger charge is 2.27. The average Bonchev–Trinajstić information content (AvgIpc) is 3.09. The van der Waals surface area contributed by atoms with Gasteiger partial charge in [-0.15, -0.1) is 0 Å². The van der Waals surface area contributed by atoms with Crippen LogP contribution in [0.5, 0.6) is 0 Å². The lowest BCUT2D eigenvalue weighted by Gasteiger charge is -2.25. The SMILES string of the molecule is CCC/C=C/CC/C=C/CC/C=C/C(O)C(COP(=O)(O)OCC[N+](C)(C)C)NC(=O)CCCCCCCCCCC/C=C\C/C=C\CCCCC. The molecule has 0 fully saturated rings. The molecule has 1 amide bonds. The first kappa shape index (κ1) is 50.2. The van der Waals surface area contributed by atoms with E-state index in [1.54, 1.807) is 6.08 Å². The number of unbranched alkanes of at least 4 members (excludes halogenated alkanes) is 15. The van der Waals surface area contributed by atoms with E-state index < -0.39 is 20.0 Å². The van der Waals surface area contributed by atoms with E-state index in [1.165, 1.54) is 77.0 Å². The van der Waals surface area contributed by atoms with Crippen LogP contribution in [0.15, 0.2) is 60.8 Å². The summed E-state index contributed by atoms with van der Waals surface area (Å²) in [7, 11) is 1.53. The van der Waals surface area contributed by atoms with Crippen LogP contribution in [-0.2, 0) is 18.4 Å². The molecule has 9 heteroatoms. The van der Waals surface area contributed by atoms with Gasteiger partial charge in [-0.05, 0) is 70.6 Å². The molecule has 3 atom stereocenters. The number of quaternary nitrogens is 1. The zero-order chi connectivity index (χ0) is 38.6. The summed E-state index contributed by atoms with van der Waals surface area (Å²) in [5, 5.41) is 13.7. The number of carbonyl (C=O) groups is 1. The van der Waals surface area contributed by atoms with Gasteiger partial charge < -0.3 is 19.8 Å². The molecular formula is C43H80N2O6P+. The summed E-state index contributed by atoms with van der Waals surface area (Å²) in [6, 6.07) is -0.871. The van der Waals surface area contributed by atoms with Crippen molar-refractivity contribution in [1.29, 1.82) is 0 Å². The minimum absolute atomic E-state index is 0.0501. The molecule has 0 heterocycles. The van der Waals surface area contributed by atoms with E-state index in [9.17, 15) is 19.4 Å². The number of aliphatic hydroxyl groups excluding tert-OH is 1. The lowest BCUT2D eigenvalue weighted by Crippen LogP contribution is -2.45. The summed E-state index contributed by atoms with van der Waals surface area (Å²) in [6.07, 6.45) is 44.3. The maximum atomic E-state index is 12.8. The van der Waals surface area contributed by atoms with E-state index >= 15 is 0 Å². The van der Waals surface area contributed by atoms with Crippen LogP contribution in [0.4, 0.5) is 0 Å². The van der Waals surface area contributed by atoms with Crippen LogP contribution >= 0.6 is 7.82 Å². The third kappa shape index (κ3) is 36.6. The maximum Gasteiger partial charge on any atom is 0.472 e. The lowest BCUT2D eigenvalue weighted by molar-refractivity contribution is -0.870. The minimum atomic E-state index is -4.35. The number of phosphoric acid groups is 1. The topological polar surface area (TPSA) is 105 Å². The maximum absolute atomic E-state index is 12.8. The quantitative estimate of drug-likeness (QED) is 0.0255. The molecular weight excluding hydrogens is 671 g/mol. The summed E-state index contributed by atoms with van der Waals surface area (Å²) in [5.41, 5.74) is 0. The third-order valence-electron chi connectivity index (χ3n) is 8.67. The number of phosphoric ester groups is 1. The molecule has 0 saturated carbocycles. The van der Waals surface area contributed by atoms with Gasteiger partial charge in [-0.25, -0.2) is 4.57 Å². The van der Waals surface area contributed by atoms with Gasteiger partial charge in [0, 0.05) is 6.42 Å². The number of nitrogens with one attached hydrogen (secondary N) is 1. The summed E-state index contributed by atoms with van der Waals surface area (Å²) >= 11 is 0. The van der Waals surface area contributed by atoms with Gasteiger partial charge in [-0.2, -0.15) is 0 Å². The summed E-state index contributed by atoms with van der Waals surface area (Å²) in [6.45, 7) is 4.65. The zero-order valence-corrected chi connectivity index (χ0v) is 34.9. The standard InChI is InChI=1S/C43H79N2O6P/c1-6-8-10-12-14-16-18-19-20-21-22-23-24-25-27-29-31-33-35-37-43(47)44-41(40-51-52(48,49)50-39-38-45(3,4)5)42(46)36-34-32-30-28-26-17-15-13-11-9-7-2/h11,13-14,16,19-20,26,28,34,36,41-42,46H,6-10,12,15,17-18,21-25,27,29-33,35,37-40H2,1-5H3,(H-,44,47,48,49)/p+1/b13-11+,16-14-,20-19-,28-26+,36-34+. The Morgan fingerprint density at radius 1 is 0.654 bits per heavy atom. The number of amides is 1. The van der Waals surface area contributed by atoms with Gasteiger partial charge in [-0.3, -0.25) is 13.8 Å². The Morgan fingerprint density at radius 2 is 1.15 bits per heavy atom. The second kappa shape index (κ2) is 34.9. The number of likely N-dealkylation sites (N-methyl/N-ethyl adjacent to an activating group) is 1. The summed E-state index contributed by atoms with van der Waals surface area (Å²) in [5.74, 6) is -0.201. The van der Waals surface area contributed by atoms with Crippen LogP contribution in [0.3, 0.4) is 0 Å². The van der Waals surface area contributed by atoms with Crippen molar-refractivity contribution in [3.8, 4) is 0 Å². The Labute approximate surface area is 320 Å². The zero-order valence-electron chi connectivity index (χ0n) is 34.0. The molecule has 0 aliphatic rings. The average molecular weight is 752 g/mol. The van der Waals surface area contributed by atoms with E-state index in [0.29, 0.717) is 17.4 Å². The first-order valence-electron chi connectivity index (χ1n) is 20.7. The van der Waals surface area contributed by atoms with Crippen molar-refractivity contribution < 1.29 is 32.9 Å². The lowest BCUT2D eigenvalue weighted by atomic mass is 10.1. The molecule has 52 heavy (non-hydrogen) atoms. The number of nitrogens with zero attached hydrogens (tertiary/aromatic N) is 1. The molecule has 0 radical (unpaired) electrons. The molecule has 0 saturated heterocycles. The summed E-state index contributed by atoms with van der Waals surface area (Å²) in [4.78, 5) is 23.0. The molecule has 0 aromatic carbocycles. The number of hydrogen-bond acceptors (Lipinski definition) is 5. The Kier molecular flexibility index (Phi) is 33.7. The molecule has 0 aliphatic carbocycles. The second-order valence-corrected chi connectivity index (χ2v) is 16.4. The number of rotatable bonds is 36. The van der Waals surface area contributed by atoms with Gasteiger partial charge in [0.1, 0.15) is 13.2 Å². The van der Waals surface area contributed by atoms with Crippen molar-refractivity contribution in [3.63, 3.8) is 0 Å². The monoisotopic (exact) mass is 752 g/mol. The highest BCUT2D eigenvalue weighted by Crippen LogP contribution is 2.43. The summed E-state index contributed by atoms with van der Waals surface area (Å²) < 4.78 is 23.4. The van der Waals surface area contributed by atoms with Crippen LogP contribution in [-0.4, -0.2) is 73.4 Å². The van der Waals surface area contributed by atoms with Crippen LogP contribution < -0.4 is 5.32 Å². The molecule has 3 N–H and O–H groups in total. The fourth-order valence-electron chi connectivity index (χ4n) is 5.34. The van der Waals surface area contributed by atoms with Crippen molar-refractivity contribution in [1.82, 2.24) is 5.32 Å². The molecule has 0 rings (SSSR count). The van der Waals surface area contributed by atoms with E-state index in [2.05, 4.69) is 67.8 Å². The Hall–Kier alpha value is -1.80. The van der Waals surface area contributed by atoms with Crippen LogP contribution in [0, 0.1) is 0 Å². The first-order valence-corrected chi connectivity index (χ1v) is 22.2. The van der Waals surface area contributed by atoms with Gasteiger partial charge in [0.2, 0.25) is 5.91 Å². The Balaban J connectivity index is 4.45. The fourth-order valence-corrected chi connectivity index (χ4v) is 6.08. The highest BCUT2D eigenvalue weighted by molar-refractivity contribution is 7.47. The number of hydrogen-bond donors (Lipinski definition) is 3. The fraction of sp³-hybridized carbons (Fsp3) is 0.744. The molecule has 0 spiro atoms. The van der Waals surface area contributed by atoms with Gasteiger partial charge in [-0.1, -0.05) is 139 Å². The Bertz CT molecular complexity index is 1030. The number of aliphatic hydroxyl groups is 1. The predicted molar refractivity (Wildman–Crippen MR) is 221 cm³/mol. The largest absolute Gasteiger partial charge is 0.472 e. The third-order valence-corrected chi connectivity index (χ3v) is 9.65. The normalized spacial score (nSPS) is 15.1. The second-order valence-electron chi connectivity index (χ2n) is 15.0. The van der Waals surface area contributed by atoms with Crippen molar-refractivity contribution >= 4 is 13.7 Å². The van der Waals surface area contributed by atoms with E-state index in [4.69, 9.17) is 9.05 Å². The van der Waals surface area contributed by atoms with Crippen LogP contribution in [0.25, 0.3) is 0 Å². The van der Waals surface area contributed by atoms with E-state index in [-0.39, 0.29) is 19.1 Å². The molecule has 302 valence electrons. The first-order chi connectivity index (χ1) is 25.0. The van der Waals surface area contributed by atoms with E-state index in [0.717, 1.165) is 57.8 Å². The number of allylic oxidation sites excluding steroid dienone is 9. The van der Waals surface area contributed by atoms with Gasteiger partial charge in [0.15, 0.2) is 0 Å². The van der Waals surface area contributed by atoms with Gasteiger partial charge in [0.05, 0.1) is 39.9 Å². The molecule has 8 nitrogen and oxygen atoms in total. The van der Waals surface area contributed by atoms with Gasteiger partial charge >= 0.3 is 7.82 Å². The minimum Gasteiger partial charge on any atom is -0.387 e. The molecule has 3 unspecified atom stereocenters. The van der Waals surface area contributed by atoms with Crippen molar-refractivity contribution in [2.24, 2.45) is 0 Å². The van der Waals surface area contributed by atoms with Crippen molar-refractivity contribution in [2.75, 3.05) is 40.9 Å². The molecule has 0 bridgehead atoms.